The molecule has 1 heterocycles. The molecule has 1 saturated heterocycles. The third-order valence-corrected chi connectivity index (χ3v) is 2.76. The Morgan fingerprint density at radius 1 is 1.11 bits per heavy atom. The van der Waals surface area contributed by atoms with Gasteiger partial charge in [-0.2, -0.15) is 0 Å². The molecule has 0 radical (unpaired) electrons. The van der Waals surface area contributed by atoms with Crippen molar-refractivity contribution in [2.24, 2.45) is 0 Å². The van der Waals surface area contributed by atoms with Crippen molar-refractivity contribution in [3.8, 4) is 0 Å². The van der Waals surface area contributed by atoms with Crippen molar-refractivity contribution in [1.29, 1.82) is 0 Å². The van der Waals surface area contributed by atoms with E-state index in [2.05, 4.69) is 0 Å². The van der Waals surface area contributed by atoms with Gasteiger partial charge < -0.3 is 9.64 Å². The predicted octanol–water partition coefficient (Wildman–Crippen LogP) is 2.11. The lowest BCUT2D eigenvalue weighted by Gasteiger charge is -2.25. The number of ether oxygens (including phenoxy) is 1. The number of nitrogens with zero attached hydrogens (tertiary/aromatic N) is 1. The molecule has 2 rings (SSSR count). The quantitative estimate of drug-likeness (QED) is 0.601. The van der Waals surface area contributed by atoms with Gasteiger partial charge in [0.1, 0.15) is 0 Å². The van der Waals surface area contributed by atoms with Crippen LogP contribution in [-0.2, 0) is 9.53 Å². The van der Waals surface area contributed by atoms with Crippen molar-refractivity contribution in [1.82, 2.24) is 4.90 Å². The number of carbonyl (C=O) groups excluding carboxylic acids is 1. The van der Waals surface area contributed by atoms with Gasteiger partial charge in [0.05, 0.1) is 13.2 Å². The molecule has 1 aromatic rings. The summed E-state index contributed by atoms with van der Waals surface area (Å²) in [6.45, 7) is 2.65. The first kappa shape index (κ1) is 12.6. The summed E-state index contributed by atoms with van der Waals surface area (Å²) in [4.78, 5) is 13.6. The lowest BCUT2D eigenvalue weighted by atomic mass is 10.2. The van der Waals surface area contributed by atoms with Gasteiger partial charge in [0.15, 0.2) is 0 Å². The second-order valence-corrected chi connectivity index (χ2v) is 4.07. The Bertz CT molecular complexity index is 431. The van der Waals surface area contributed by atoms with Gasteiger partial charge in [0.2, 0.25) is 5.91 Å². The summed E-state index contributed by atoms with van der Waals surface area (Å²) in [5.41, 5.74) is 1.13. The van der Waals surface area contributed by atoms with E-state index in [0.717, 1.165) is 5.56 Å². The zero-order valence-corrected chi connectivity index (χ0v) is 10.3. The molecule has 1 aromatic carbocycles. The van der Waals surface area contributed by atoms with Gasteiger partial charge in [-0.3, -0.25) is 4.79 Å². The minimum atomic E-state index is 0.0519. The minimum absolute atomic E-state index is 0.0519. The highest BCUT2D eigenvalue weighted by molar-refractivity contribution is 5.88. The molecule has 1 amide bonds. The van der Waals surface area contributed by atoms with Crippen LogP contribution >= 0.6 is 0 Å². The Morgan fingerprint density at radius 2 is 1.83 bits per heavy atom. The first-order chi connectivity index (χ1) is 8.86. The summed E-state index contributed by atoms with van der Waals surface area (Å²) < 4.78 is 5.20. The smallest absolute Gasteiger partial charge is 0.246 e. The molecule has 0 N–H and O–H groups in total. The van der Waals surface area contributed by atoms with Crippen LogP contribution in [0.5, 0.6) is 0 Å². The third kappa shape index (κ3) is 3.86. The molecule has 3 nitrogen and oxygen atoms in total. The Kier molecular flexibility index (Phi) is 4.73. The first-order valence-corrected chi connectivity index (χ1v) is 6.13. The molecule has 94 valence electrons. The Labute approximate surface area is 107 Å². The SMILES string of the molecule is O=C(/C=C/C=C/c1ccccc1)N1CCOCC1. The standard InChI is InChI=1S/C15H17NO2/c17-15(16-10-12-18-13-11-16)9-5-4-8-14-6-2-1-3-7-14/h1-9H,10-13H2/b8-4+,9-5+. The molecule has 0 bridgehead atoms. The molecule has 18 heavy (non-hydrogen) atoms. The fourth-order valence-corrected chi connectivity index (χ4v) is 1.76. The van der Waals surface area contributed by atoms with Crippen LogP contribution in [0.2, 0.25) is 0 Å². The molecule has 0 aliphatic carbocycles. The van der Waals surface area contributed by atoms with Crippen molar-refractivity contribution >= 4 is 12.0 Å². The van der Waals surface area contributed by atoms with Crippen LogP contribution in [0.15, 0.2) is 48.6 Å². The van der Waals surface area contributed by atoms with Crippen molar-refractivity contribution in [3.05, 3.63) is 54.1 Å². The van der Waals surface area contributed by atoms with Crippen LogP contribution in [-0.4, -0.2) is 37.1 Å². The van der Waals surface area contributed by atoms with Gasteiger partial charge in [-0.25, -0.2) is 0 Å². The van der Waals surface area contributed by atoms with Crippen LogP contribution in [0.3, 0.4) is 0 Å². The van der Waals surface area contributed by atoms with Crippen molar-refractivity contribution in [2.45, 2.75) is 0 Å². The van der Waals surface area contributed by atoms with E-state index in [1.165, 1.54) is 0 Å². The number of morpholine rings is 1. The maximum Gasteiger partial charge on any atom is 0.246 e. The molecular formula is C15H17NO2. The summed E-state index contributed by atoms with van der Waals surface area (Å²) in [5, 5.41) is 0. The highest BCUT2D eigenvalue weighted by Crippen LogP contribution is 2.02. The number of hydrogen-bond acceptors (Lipinski definition) is 2. The van der Waals surface area contributed by atoms with E-state index in [4.69, 9.17) is 4.74 Å². The maximum absolute atomic E-state index is 11.8. The number of benzene rings is 1. The molecule has 0 aromatic heterocycles. The average Bonchev–Trinajstić information content (AvgIpc) is 2.45. The largest absolute Gasteiger partial charge is 0.378 e. The van der Waals surface area contributed by atoms with Gasteiger partial charge >= 0.3 is 0 Å². The van der Waals surface area contributed by atoms with Crippen LogP contribution < -0.4 is 0 Å². The average molecular weight is 243 g/mol. The summed E-state index contributed by atoms with van der Waals surface area (Å²) >= 11 is 0. The van der Waals surface area contributed by atoms with E-state index in [0.29, 0.717) is 26.3 Å². The molecule has 0 spiro atoms. The van der Waals surface area contributed by atoms with Crippen molar-refractivity contribution in [2.75, 3.05) is 26.3 Å². The fourth-order valence-electron chi connectivity index (χ4n) is 1.76. The van der Waals surface area contributed by atoms with Gasteiger partial charge in [0, 0.05) is 19.2 Å². The molecule has 1 fully saturated rings. The molecule has 1 aliphatic heterocycles. The number of amides is 1. The van der Waals surface area contributed by atoms with Gasteiger partial charge in [-0.05, 0) is 5.56 Å². The highest BCUT2D eigenvalue weighted by Gasteiger charge is 2.13. The number of rotatable bonds is 3. The monoisotopic (exact) mass is 243 g/mol. The molecular weight excluding hydrogens is 226 g/mol. The van der Waals surface area contributed by atoms with Gasteiger partial charge in [0.25, 0.3) is 0 Å². The third-order valence-electron chi connectivity index (χ3n) is 2.76. The molecule has 1 aliphatic rings. The van der Waals surface area contributed by atoms with E-state index in [-0.39, 0.29) is 5.91 Å². The number of allylic oxidation sites excluding steroid dienone is 2. The summed E-state index contributed by atoms with van der Waals surface area (Å²) in [6, 6.07) is 10.0. The van der Waals surface area contributed by atoms with Crippen LogP contribution in [0.25, 0.3) is 6.08 Å². The van der Waals surface area contributed by atoms with E-state index in [1.54, 1.807) is 17.1 Å². The van der Waals surface area contributed by atoms with E-state index in [9.17, 15) is 4.79 Å². The zero-order valence-electron chi connectivity index (χ0n) is 10.3. The normalized spacial score (nSPS) is 16.6. The Hall–Kier alpha value is -1.87. The van der Waals surface area contributed by atoms with Crippen molar-refractivity contribution in [3.63, 3.8) is 0 Å². The Balaban J connectivity index is 1.83. The summed E-state index contributed by atoms with van der Waals surface area (Å²) in [7, 11) is 0. The van der Waals surface area contributed by atoms with Crippen LogP contribution in [0.4, 0.5) is 0 Å². The number of hydrogen-bond donors (Lipinski definition) is 0. The molecule has 0 saturated carbocycles. The van der Waals surface area contributed by atoms with Crippen molar-refractivity contribution < 1.29 is 9.53 Å². The second kappa shape index (κ2) is 6.77. The lowest BCUT2D eigenvalue weighted by molar-refractivity contribution is -0.129. The topological polar surface area (TPSA) is 29.5 Å². The van der Waals surface area contributed by atoms with E-state index < -0.39 is 0 Å². The summed E-state index contributed by atoms with van der Waals surface area (Å²) in [6.07, 6.45) is 7.24. The van der Waals surface area contributed by atoms with Gasteiger partial charge in [-0.1, -0.05) is 48.6 Å². The lowest BCUT2D eigenvalue weighted by Crippen LogP contribution is -2.39. The number of carbonyl (C=O) groups is 1. The van der Waals surface area contributed by atoms with E-state index >= 15 is 0 Å². The maximum atomic E-state index is 11.8. The first-order valence-electron chi connectivity index (χ1n) is 6.13. The van der Waals surface area contributed by atoms with Crippen LogP contribution in [0.1, 0.15) is 5.56 Å². The van der Waals surface area contributed by atoms with Crippen LogP contribution in [0, 0.1) is 0 Å². The fraction of sp³-hybridized carbons (Fsp3) is 0.267. The summed E-state index contributed by atoms with van der Waals surface area (Å²) in [5.74, 6) is 0.0519. The highest BCUT2D eigenvalue weighted by atomic mass is 16.5. The van der Waals surface area contributed by atoms with E-state index in [1.807, 2.05) is 42.5 Å². The van der Waals surface area contributed by atoms with Gasteiger partial charge in [-0.15, -0.1) is 0 Å². The molecule has 3 heteroatoms. The Morgan fingerprint density at radius 3 is 2.56 bits per heavy atom. The molecule has 0 unspecified atom stereocenters. The predicted molar refractivity (Wildman–Crippen MR) is 72.0 cm³/mol. The zero-order chi connectivity index (χ0) is 12.6. The second-order valence-electron chi connectivity index (χ2n) is 4.07. The molecule has 0 atom stereocenters. The minimum Gasteiger partial charge on any atom is -0.378 e.